The lowest BCUT2D eigenvalue weighted by Crippen LogP contribution is -2.24. The molecule has 0 saturated carbocycles. The molecule has 0 saturated heterocycles. The van der Waals surface area contributed by atoms with E-state index in [-0.39, 0.29) is 5.91 Å². The van der Waals surface area contributed by atoms with Gasteiger partial charge in [0, 0.05) is 17.1 Å². The molecule has 146 valence electrons. The van der Waals surface area contributed by atoms with Crippen molar-refractivity contribution in [3.8, 4) is 17.0 Å². The molecule has 0 atom stereocenters. The van der Waals surface area contributed by atoms with Gasteiger partial charge in [0.15, 0.2) is 4.96 Å². The number of methoxy groups -OCH3 is 1. The average Bonchev–Trinajstić information content (AvgIpc) is 3.45. The predicted octanol–water partition coefficient (Wildman–Crippen LogP) is 3.41. The van der Waals surface area contributed by atoms with Gasteiger partial charge in [0.05, 0.1) is 31.2 Å². The second-order valence-corrected chi connectivity index (χ2v) is 8.36. The van der Waals surface area contributed by atoms with Gasteiger partial charge >= 0.3 is 0 Å². The fourth-order valence-corrected chi connectivity index (χ4v) is 4.72. The molecule has 10 heteroatoms. The van der Waals surface area contributed by atoms with Crippen molar-refractivity contribution in [1.82, 2.24) is 29.3 Å². The molecular weight excluding hydrogens is 408 g/mol. The molecule has 5 rings (SSSR count). The Morgan fingerprint density at radius 1 is 1.21 bits per heavy atom. The largest absolute Gasteiger partial charge is 0.496 e. The van der Waals surface area contributed by atoms with Gasteiger partial charge in [0.1, 0.15) is 16.5 Å². The number of carbonyl (C=O) groups is 1. The Labute approximate surface area is 173 Å². The summed E-state index contributed by atoms with van der Waals surface area (Å²) >= 11 is 2.94. The fourth-order valence-electron chi connectivity index (χ4n) is 3.12. The zero-order valence-electron chi connectivity index (χ0n) is 15.6. The van der Waals surface area contributed by atoms with Gasteiger partial charge in [0.25, 0.3) is 5.91 Å². The topological polar surface area (TPSA) is 85.8 Å². The van der Waals surface area contributed by atoms with Crippen LogP contribution in [0.5, 0.6) is 5.75 Å². The minimum Gasteiger partial charge on any atom is -0.496 e. The molecule has 0 aliphatic rings. The van der Waals surface area contributed by atoms with E-state index in [4.69, 9.17) is 4.74 Å². The molecule has 8 nitrogen and oxygen atoms in total. The van der Waals surface area contributed by atoms with Crippen LogP contribution in [0.2, 0.25) is 0 Å². The predicted molar refractivity (Wildman–Crippen MR) is 112 cm³/mol. The highest BCUT2D eigenvalue weighted by Gasteiger charge is 2.17. The van der Waals surface area contributed by atoms with Crippen molar-refractivity contribution in [3.05, 3.63) is 58.4 Å². The molecule has 0 bridgehead atoms. The van der Waals surface area contributed by atoms with E-state index < -0.39 is 0 Å². The number of hydrogen-bond acceptors (Lipinski definition) is 7. The summed E-state index contributed by atoms with van der Waals surface area (Å²) in [6, 6.07) is 7.69. The number of rotatable bonds is 5. The number of nitrogens with zero attached hydrogens (tertiary/aromatic N) is 5. The Morgan fingerprint density at radius 3 is 2.90 bits per heavy atom. The Kier molecular flexibility index (Phi) is 4.29. The van der Waals surface area contributed by atoms with Crippen molar-refractivity contribution in [2.75, 3.05) is 7.11 Å². The molecule has 0 fully saturated rings. The van der Waals surface area contributed by atoms with E-state index in [2.05, 4.69) is 20.4 Å². The first-order chi connectivity index (χ1) is 14.1. The summed E-state index contributed by atoms with van der Waals surface area (Å²) in [5.74, 6) is 0.563. The maximum Gasteiger partial charge on any atom is 0.269 e. The lowest BCUT2D eigenvalue weighted by molar-refractivity contribution is 0.0945. The number of ether oxygens (including phenoxy) is 1. The van der Waals surface area contributed by atoms with E-state index in [0.29, 0.717) is 12.2 Å². The molecule has 5 aromatic rings. The molecule has 0 unspecified atom stereocenters. The van der Waals surface area contributed by atoms with Crippen molar-refractivity contribution in [1.29, 1.82) is 0 Å². The second-order valence-electron chi connectivity index (χ2n) is 6.36. The number of hydrogen-bond donors (Lipinski definition) is 1. The van der Waals surface area contributed by atoms with Crippen molar-refractivity contribution in [3.63, 3.8) is 0 Å². The summed E-state index contributed by atoms with van der Waals surface area (Å²) < 4.78 is 8.96. The minimum absolute atomic E-state index is 0.180. The number of aromatic nitrogens is 5. The van der Waals surface area contributed by atoms with Gasteiger partial charge in [-0.15, -0.1) is 11.3 Å². The first kappa shape index (κ1) is 17.8. The third-order valence-electron chi connectivity index (χ3n) is 4.45. The van der Waals surface area contributed by atoms with Gasteiger partial charge in [-0.1, -0.05) is 23.5 Å². The molecule has 0 spiro atoms. The highest BCUT2D eigenvalue weighted by molar-refractivity contribution is 7.16. The third kappa shape index (κ3) is 3.15. The van der Waals surface area contributed by atoms with Crippen LogP contribution >= 0.6 is 22.7 Å². The van der Waals surface area contributed by atoms with Gasteiger partial charge in [-0.2, -0.15) is 5.10 Å². The number of imidazole rings is 2. The van der Waals surface area contributed by atoms with Gasteiger partial charge in [-0.05, 0) is 19.1 Å². The maximum absolute atomic E-state index is 12.7. The molecular formula is C19H16N6O2S2. The van der Waals surface area contributed by atoms with Crippen molar-refractivity contribution < 1.29 is 9.53 Å². The van der Waals surface area contributed by atoms with Crippen molar-refractivity contribution in [2.45, 2.75) is 13.5 Å². The molecule has 0 aliphatic carbocycles. The number of carbonyl (C=O) groups excluding carboxylic acids is 1. The molecule has 1 aromatic carbocycles. The van der Waals surface area contributed by atoms with E-state index >= 15 is 0 Å². The third-order valence-corrected chi connectivity index (χ3v) is 6.13. The number of fused-ring (bicyclic) bond motifs is 2. The molecule has 4 aromatic heterocycles. The van der Waals surface area contributed by atoms with Crippen LogP contribution in [0.15, 0.2) is 42.0 Å². The summed E-state index contributed by atoms with van der Waals surface area (Å²) in [6.07, 6.45) is 3.69. The van der Waals surface area contributed by atoms with Gasteiger partial charge in [-0.3, -0.25) is 9.20 Å². The number of benzene rings is 1. The quantitative estimate of drug-likeness (QED) is 0.467. The van der Waals surface area contributed by atoms with Crippen LogP contribution in [0.4, 0.5) is 0 Å². The van der Waals surface area contributed by atoms with Gasteiger partial charge < -0.3 is 10.1 Å². The van der Waals surface area contributed by atoms with Crippen molar-refractivity contribution >= 4 is 38.5 Å². The first-order valence-electron chi connectivity index (χ1n) is 8.82. The molecule has 0 aliphatic heterocycles. The van der Waals surface area contributed by atoms with E-state index in [1.54, 1.807) is 21.4 Å². The summed E-state index contributed by atoms with van der Waals surface area (Å²) in [7, 11) is 1.63. The maximum atomic E-state index is 12.7. The summed E-state index contributed by atoms with van der Waals surface area (Å²) in [4.78, 5) is 23.4. The molecule has 0 radical (unpaired) electrons. The van der Waals surface area contributed by atoms with E-state index in [1.807, 2.05) is 43.6 Å². The Balaban J connectivity index is 1.38. The normalized spacial score (nSPS) is 11.4. The van der Waals surface area contributed by atoms with Crippen LogP contribution in [0, 0.1) is 6.92 Å². The van der Waals surface area contributed by atoms with Crippen LogP contribution in [-0.2, 0) is 6.54 Å². The van der Waals surface area contributed by atoms with Crippen LogP contribution in [0.25, 0.3) is 21.2 Å². The monoisotopic (exact) mass is 424 g/mol. The summed E-state index contributed by atoms with van der Waals surface area (Å²) in [5.41, 5.74) is 2.95. The second kappa shape index (κ2) is 6.98. The van der Waals surface area contributed by atoms with Crippen LogP contribution in [0.1, 0.15) is 21.2 Å². The zero-order valence-corrected chi connectivity index (χ0v) is 17.3. The summed E-state index contributed by atoms with van der Waals surface area (Å²) in [5, 5.41) is 10.0. The molecule has 4 heterocycles. The van der Waals surface area contributed by atoms with E-state index in [1.165, 1.54) is 22.7 Å². The van der Waals surface area contributed by atoms with Crippen LogP contribution in [-0.4, -0.2) is 37.0 Å². The lowest BCUT2D eigenvalue weighted by atomic mass is 10.1. The number of nitrogens with one attached hydrogen (secondary N) is 1. The highest BCUT2D eigenvalue weighted by atomic mass is 32.1. The number of thiazole rings is 1. The Hall–Kier alpha value is -3.24. The SMILES string of the molecule is COc1ccccc1-c1cn2c(C(=O)NCc3cn4nc(C)sc4n3)csc2n1. The van der Waals surface area contributed by atoms with Gasteiger partial charge in [-0.25, -0.2) is 14.5 Å². The summed E-state index contributed by atoms with van der Waals surface area (Å²) in [6.45, 7) is 2.27. The molecule has 1 amide bonds. The van der Waals surface area contributed by atoms with Gasteiger partial charge in [0.2, 0.25) is 4.96 Å². The number of amides is 1. The fraction of sp³-hybridized carbons (Fsp3) is 0.158. The lowest BCUT2D eigenvalue weighted by Gasteiger charge is -2.05. The molecule has 29 heavy (non-hydrogen) atoms. The Morgan fingerprint density at radius 2 is 2.07 bits per heavy atom. The van der Waals surface area contributed by atoms with Crippen LogP contribution < -0.4 is 10.1 Å². The number of para-hydroxylation sites is 1. The van der Waals surface area contributed by atoms with Crippen LogP contribution in [0.3, 0.4) is 0 Å². The minimum atomic E-state index is -0.180. The van der Waals surface area contributed by atoms with E-state index in [9.17, 15) is 4.79 Å². The highest BCUT2D eigenvalue weighted by Crippen LogP contribution is 2.30. The number of aryl methyl sites for hydroxylation is 1. The molecule has 1 N–H and O–H groups in total. The average molecular weight is 425 g/mol. The standard InChI is InChI=1S/C19H16N6O2S2/c1-11-23-25-8-12(21-19(25)29-11)7-20-17(26)15-10-28-18-22-14(9-24(15)18)13-5-3-4-6-16(13)27-2/h3-6,8-10H,7H2,1-2H3,(H,20,26). The Bertz CT molecular complexity index is 1310. The van der Waals surface area contributed by atoms with E-state index in [0.717, 1.165) is 37.6 Å². The zero-order chi connectivity index (χ0) is 20.0. The first-order valence-corrected chi connectivity index (χ1v) is 10.5. The van der Waals surface area contributed by atoms with Crippen molar-refractivity contribution in [2.24, 2.45) is 0 Å². The smallest absolute Gasteiger partial charge is 0.269 e.